The van der Waals surface area contributed by atoms with Crippen LogP contribution in [0.15, 0.2) is 48.7 Å². The van der Waals surface area contributed by atoms with Crippen LogP contribution in [0, 0.1) is 19.7 Å². The number of hydrogen-bond acceptors (Lipinski definition) is 6. The van der Waals surface area contributed by atoms with E-state index in [1.807, 2.05) is 32.0 Å². The Kier molecular flexibility index (Phi) is 6.93. The predicted octanol–water partition coefficient (Wildman–Crippen LogP) is 5.00. The third-order valence-electron chi connectivity index (χ3n) is 5.35. The second kappa shape index (κ2) is 10.0. The highest BCUT2D eigenvalue weighted by atomic mass is 32.1. The largest absolute Gasteiger partial charge is 0.493 e. The Morgan fingerprint density at radius 3 is 2.47 bits per heavy atom. The van der Waals surface area contributed by atoms with E-state index in [4.69, 9.17) is 9.47 Å². The van der Waals surface area contributed by atoms with Gasteiger partial charge in [-0.3, -0.25) is 4.79 Å². The van der Waals surface area contributed by atoms with E-state index >= 15 is 0 Å². The van der Waals surface area contributed by atoms with Crippen molar-refractivity contribution in [2.75, 3.05) is 19.5 Å². The van der Waals surface area contributed by atoms with Crippen LogP contribution in [-0.2, 0) is 13.0 Å². The van der Waals surface area contributed by atoms with E-state index in [-0.39, 0.29) is 11.7 Å². The van der Waals surface area contributed by atoms with Crippen LogP contribution in [0.4, 0.5) is 10.2 Å². The molecule has 0 saturated carbocycles. The molecule has 0 fully saturated rings. The fourth-order valence-electron chi connectivity index (χ4n) is 3.59. The number of methoxy groups -OCH3 is 2. The standard InChI is InChI=1S/C25H25FN4O3S/c1-15-13-27-30(14-18-7-10-20(32-3)21(11-18)33-4)24(15)29-25(31)23-16(2)28-22(34-23)12-17-5-8-19(26)9-6-17/h5-11,13H,12,14H2,1-4H3,(H,29,31). The quantitative estimate of drug-likeness (QED) is 0.384. The molecule has 0 aliphatic heterocycles. The van der Waals surface area contributed by atoms with Gasteiger partial charge in [0.1, 0.15) is 16.5 Å². The maximum atomic E-state index is 13.2. The number of carbonyl (C=O) groups excluding carboxylic acids is 1. The van der Waals surface area contributed by atoms with Crippen molar-refractivity contribution < 1.29 is 18.7 Å². The van der Waals surface area contributed by atoms with Crippen molar-refractivity contribution in [3.63, 3.8) is 0 Å². The molecule has 0 radical (unpaired) electrons. The molecule has 0 spiro atoms. The van der Waals surface area contributed by atoms with Crippen molar-refractivity contribution in [3.05, 3.63) is 86.7 Å². The fraction of sp³-hybridized carbons (Fsp3) is 0.240. The SMILES string of the molecule is COc1ccc(Cn2ncc(C)c2NC(=O)c2sc(Cc3ccc(F)cc3)nc2C)cc1OC. The average Bonchev–Trinajstić information content (AvgIpc) is 3.37. The third kappa shape index (κ3) is 5.09. The molecule has 176 valence electrons. The summed E-state index contributed by atoms with van der Waals surface area (Å²) < 4.78 is 25.6. The van der Waals surface area contributed by atoms with Gasteiger partial charge in [-0.2, -0.15) is 5.10 Å². The molecule has 34 heavy (non-hydrogen) atoms. The number of benzene rings is 2. The summed E-state index contributed by atoms with van der Waals surface area (Å²) in [5.41, 5.74) is 3.39. The van der Waals surface area contributed by atoms with Gasteiger partial charge in [-0.1, -0.05) is 18.2 Å². The Hall–Kier alpha value is -3.72. The molecule has 2 aromatic carbocycles. The average molecular weight is 481 g/mol. The van der Waals surface area contributed by atoms with Crippen molar-refractivity contribution in [1.29, 1.82) is 0 Å². The molecule has 0 unspecified atom stereocenters. The van der Waals surface area contributed by atoms with E-state index in [1.165, 1.54) is 23.5 Å². The van der Waals surface area contributed by atoms with Gasteiger partial charge in [-0.05, 0) is 49.2 Å². The van der Waals surface area contributed by atoms with Crippen LogP contribution in [0.2, 0.25) is 0 Å². The van der Waals surface area contributed by atoms with Crippen LogP contribution in [0.1, 0.15) is 37.1 Å². The van der Waals surface area contributed by atoms with Crippen molar-refractivity contribution >= 4 is 23.1 Å². The lowest BCUT2D eigenvalue weighted by Crippen LogP contribution is -2.16. The van der Waals surface area contributed by atoms with Crippen molar-refractivity contribution in [1.82, 2.24) is 14.8 Å². The number of halogens is 1. The summed E-state index contributed by atoms with van der Waals surface area (Å²) in [6, 6.07) is 11.9. The van der Waals surface area contributed by atoms with Gasteiger partial charge in [0.05, 0.1) is 37.7 Å². The number of anilines is 1. The first-order chi connectivity index (χ1) is 16.4. The van der Waals surface area contributed by atoms with Gasteiger partial charge < -0.3 is 14.8 Å². The molecule has 2 heterocycles. The minimum Gasteiger partial charge on any atom is -0.493 e. The zero-order valence-electron chi connectivity index (χ0n) is 19.4. The summed E-state index contributed by atoms with van der Waals surface area (Å²) >= 11 is 1.34. The van der Waals surface area contributed by atoms with E-state index in [1.54, 1.807) is 37.2 Å². The van der Waals surface area contributed by atoms with Gasteiger partial charge >= 0.3 is 0 Å². The predicted molar refractivity (Wildman–Crippen MR) is 130 cm³/mol. The lowest BCUT2D eigenvalue weighted by molar-refractivity contribution is 0.102. The Bertz CT molecular complexity index is 1310. The molecule has 0 saturated heterocycles. The third-order valence-corrected chi connectivity index (χ3v) is 6.51. The number of aryl methyl sites for hydroxylation is 2. The topological polar surface area (TPSA) is 78.3 Å². The van der Waals surface area contributed by atoms with Crippen LogP contribution >= 0.6 is 11.3 Å². The van der Waals surface area contributed by atoms with Gasteiger partial charge in [0.2, 0.25) is 0 Å². The molecule has 0 aliphatic rings. The van der Waals surface area contributed by atoms with Gasteiger partial charge in [0.25, 0.3) is 5.91 Å². The van der Waals surface area contributed by atoms with Gasteiger partial charge in [-0.15, -0.1) is 11.3 Å². The highest BCUT2D eigenvalue weighted by Crippen LogP contribution is 2.29. The molecule has 9 heteroatoms. The molecule has 2 aromatic heterocycles. The number of aromatic nitrogens is 3. The first-order valence-electron chi connectivity index (χ1n) is 10.6. The summed E-state index contributed by atoms with van der Waals surface area (Å²) in [4.78, 5) is 18.2. The molecular formula is C25H25FN4O3S. The van der Waals surface area contributed by atoms with E-state index in [9.17, 15) is 9.18 Å². The van der Waals surface area contributed by atoms with E-state index in [2.05, 4.69) is 15.4 Å². The summed E-state index contributed by atoms with van der Waals surface area (Å²) in [7, 11) is 3.18. The molecule has 1 N–H and O–H groups in total. The molecule has 0 atom stereocenters. The highest BCUT2D eigenvalue weighted by Gasteiger charge is 2.19. The van der Waals surface area contributed by atoms with Crippen LogP contribution in [-0.4, -0.2) is 34.9 Å². The number of carbonyl (C=O) groups is 1. The zero-order valence-corrected chi connectivity index (χ0v) is 20.2. The molecule has 1 amide bonds. The number of rotatable bonds is 8. The Morgan fingerprint density at radius 2 is 1.76 bits per heavy atom. The summed E-state index contributed by atoms with van der Waals surface area (Å²) in [6.45, 7) is 4.15. The smallest absolute Gasteiger partial charge is 0.268 e. The number of ether oxygens (including phenoxy) is 2. The van der Waals surface area contributed by atoms with Crippen molar-refractivity contribution in [2.24, 2.45) is 0 Å². The van der Waals surface area contributed by atoms with Gasteiger partial charge in [-0.25, -0.2) is 14.1 Å². The Labute approximate surface area is 201 Å². The Morgan fingerprint density at radius 1 is 1.06 bits per heavy atom. The Balaban J connectivity index is 1.51. The first-order valence-corrected chi connectivity index (χ1v) is 11.4. The first kappa shape index (κ1) is 23.4. The molecule has 4 rings (SSSR count). The zero-order chi connectivity index (χ0) is 24.2. The van der Waals surface area contributed by atoms with Gasteiger partial charge in [0.15, 0.2) is 11.5 Å². The number of nitrogens with one attached hydrogen (secondary N) is 1. The van der Waals surface area contributed by atoms with E-state index in [0.717, 1.165) is 21.7 Å². The molecule has 0 bridgehead atoms. The lowest BCUT2D eigenvalue weighted by atomic mass is 10.1. The minimum atomic E-state index is -0.279. The van der Waals surface area contributed by atoms with Crippen LogP contribution < -0.4 is 14.8 Å². The second-order valence-corrected chi connectivity index (χ2v) is 8.89. The summed E-state index contributed by atoms with van der Waals surface area (Å²) in [5, 5.41) is 8.23. The van der Waals surface area contributed by atoms with Crippen LogP contribution in [0.3, 0.4) is 0 Å². The highest BCUT2D eigenvalue weighted by molar-refractivity contribution is 7.14. The summed E-state index contributed by atoms with van der Waals surface area (Å²) in [5.74, 6) is 1.38. The van der Waals surface area contributed by atoms with Crippen LogP contribution in [0.25, 0.3) is 0 Å². The second-order valence-electron chi connectivity index (χ2n) is 7.80. The monoisotopic (exact) mass is 480 g/mol. The number of nitrogens with zero attached hydrogens (tertiary/aromatic N) is 3. The normalized spacial score (nSPS) is 10.9. The van der Waals surface area contributed by atoms with Crippen molar-refractivity contribution in [2.45, 2.75) is 26.8 Å². The molecule has 7 nitrogen and oxygen atoms in total. The molecule has 0 aliphatic carbocycles. The van der Waals surface area contributed by atoms with Crippen LogP contribution in [0.5, 0.6) is 11.5 Å². The lowest BCUT2D eigenvalue weighted by Gasteiger charge is -2.12. The van der Waals surface area contributed by atoms with E-state index in [0.29, 0.717) is 40.9 Å². The molecule has 4 aromatic rings. The maximum Gasteiger partial charge on any atom is 0.268 e. The van der Waals surface area contributed by atoms with E-state index < -0.39 is 0 Å². The summed E-state index contributed by atoms with van der Waals surface area (Å²) in [6.07, 6.45) is 2.26. The number of hydrogen-bond donors (Lipinski definition) is 1. The number of thiazole rings is 1. The van der Waals surface area contributed by atoms with Crippen molar-refractivity contribution in [3.8, 4) is 11.5 Å². The maximum absolute atomic E-state index is 13.2. The minimum absolute atomic E-state index is 0.238. The number of amides is 1. The van der Waals surface area contributed by atoms with Gasteiger partial charge in [0, 0.05) is 12.0 Å². The molecular weight excluding hydrogens is 455 g/mol. The fourth-order valence-corrected chi connectivity index (χ4v) is 4.59.